The van der Waals surface area contributed by atoms with Gasteiger partial charge in [0.1, 0.15) is 0 Å². The van der Waals surface area contributed by atoms with Crippen molar-refractivity contribution in [2.45, 2.75) is 6.92 Å². The van der Waals surface area contributed by atoms with Gasteiger partial charge in [-0.3, -0.25) is 0 Å². The average molecular weight is 388 g/mol. The third-order valence-electron chi connectivity index (χ3n) is 2.33. The molecule has 0 aliphatic carbocycles. The number of ether oxygens (including phenoxy) is 2. The highest BCUT2D eigenvalue weighted by molar-refractivity contribution is 14.1. The molecule has 106 valence electrons. The lowest BCUT2D eigenvalue weighted by molar-refractivity contribution is 0.309. The topological polar surface area (TPSA) is 100 Å². The Kier molecular flexibility index (Phi) is 4.71. The second-order valence-corrected chi connectivity index (χ2v) is 4.80. The monoisotopic (exact) mass is 388 g/mol. The molecule has 1 aromatic carbocycles. The normalized spacial score (nSPS) is 10.9. The molecule has 0 saturated heterocycles. The lowest BCUT2D eigenvalue weighted by atomic mass is 10.2. The van der Waals surface area contributed by atoms with Crippen LogP contribution in [0.2, 0.25) is 0 Å². The van der Waals surface area contributed by atoms with E-state index >= 15 is 0 Å². The van der Waals surface area contributed by atoms with Crippen LogP contribution >= 0.6 is 22.6 Å². The molecular formula is C11H13IN6O2. The molecule has 0 radical (unpaired) electrons. The van der Waals surface area contributed by atoms with E-state index < -0.39 is 0 Å². The first-order chi connectivity index (χ1) is 9.65. The Labute approximate surface area is 129 Å². The SMILES string of the molecule is CCOc1cc(/C=N\n2nnnc2N)cc(I)c1OC. The number of tetrazole rings is 1. The van der Waals surface area contributed by atoms with Crippen molar-refractivity contribution in [3.63, 3.8) is 0 Å². The van der Waals surface area contributed by atoms with Crippen LogP contribution in [0.25, 0.3) is 0 Å². The molecule has 0 unspecified atom stereocenters. The van der Waals surface area contributed by atoms with Gasteiger partial charge in [0, 0.05) is 0 Å². The lowest BCUT2D eigenvalue weighted by Gasteiger charge is -2.11. The number of hydrogen-bond donors (Lipinski definition) is 1. The van der Waals surface area contributed by atoms with E-state index in [9.17, 15) is 0 Å². The number of hydrogen-bond acceptors (Lipinski definition) is 7. The zero-order valence-electron chi connectivity index (χ0n) is 10.9. The first-order valence-electron chi connectivity index (χ1n) is 5.74. The summed E-state index contributed by atoms with van der Waals surface area (Å²) in [6.07, 6.45) is 1.59. The smallest absolute Gasteiger partial charge is 0.263 e. The maximum atomic E-state index is 5.55. The molecule has 0 fully saturated rings. The molecule has 0 saturated carbocycles. The van der Waals surface area contributed by atoms with Gasteiger partial charge in [0.2, 0.25) is 0 Å². The molecule has 2 N–H and O–H groups in total. The summed E-state index contributed by atoms with van der Waals surface area (Å²) in [6, 6.07) is 3.74. The van der Waals surface area contributed by atoms with E-state index in [0.29, 0.717) is 18.1 Å². The van der Waals surface area contributed by atoms with Crippen molar-refractivity contribution in [1.82, 2.24) is 20.3 Å². The molecule has 0 atom stereocenters. The van der Waals surface area contributed by atoms with Gasteiger partial charge in [0.05, 0.1) is 23.5 Å². The molecule has 20 heavy (non-hydrogen) atoms. The van der Waals surface area contributed by atoms with E-state index in [-0.39, 0.29) is 5.95 Å². The van der Waals surface area contributed by atoms with Crippen LogP contribution < -0.4 is 15.2 Å². The molecule has 2 rings (SSSR count). The summed E-state index contributed by atoms with van der Waals surface area (Å²) in [6.45, 7) is 2.46. The van der Waals surface area contributed by atoms with Gasteiger partial charge in [-0.1, -0.05) is 9.89 Å². The number of methoxy groups -OCH3 is 1. The summed E-state index contributed by atoms with van der Waals surface area (Å²) in [5, 5.41) is 14.6. The lowest BCUT2D eigenvalue weighted by Crippen LogP contribution is -2.01. The zero-order chi connectivity index (χ0) is 14.5. The quantitative estimate of drug-likeness (QED) is 0.609. The minimum Gasteiger partial charge on any atom is -0.492 e. The van der Waals surface area contributed by atoms with Crippen LogP contribution in [0.3, 0.4) is 0 Å². The number of anilines is 1. The highest BCUT2D eigenvalue weighted by Crippen LogP contribution is 2.33. The first-order valence-corrected chi connectivity index (χ1v) is 6.82. The number of nitrogens with zero attached hydrogens (tertiary/aromatic N) is 5. The molecule has 8 nitrogen and oxygen atoms in total. The minimum absolute atomic E-state index is 0.120. The number of nitrogens with two attached hydrogens (primary N) is 1. The predicted octanol–water partition coefficient (Wildman–Crippen LogP) is 1.15. The van der Waals surface area contributed by atoms with Gasteiger partial charge >= 0.3 is 0 Å². The van der Waals surface area contributed by atoms with Gasteiger partial charge in [-0.25, -0.2) is 0 Å². The van der Waals surface area contributed by atoms with Crippen LogP contribution in [0.4, 0.5) is 5.95 Å². The molecule has 1 aromatic heterocycles. The number of rotatable bonds is 5. The van der Waals surface area contributed by atoms with Crippen LogP contribution in [-0.4, -0.2) is 40.2 Å². The standard InChI is InChI=1S/C11H13IN6O2/c1-3-20-9-5-7(4-8(12)10(9)19-2)6-14-18-11(13)15-16-17-18/h4-6H,3H2,1-2H3,(H2,13,15,17)/b14-6-. The Morgan fingerprint density at radius 2 is 2.30 bits per heavy atom. The Hall–Kier alpha value is -1.91. The number of nitrogen functional groups attached to an aromatic ring is 1. The van der Waals surface area contributed by atoms with E-state index in [4.69, 9.17) is 15.2 Å². The third kappa shape index (κ3) is 3.15. The second kappa shape index (κ2) is 6.50. The van der Waals surface area contributed by atoms with E-state index in [1.54, 1.807) is 13.3 Å². The van der Waals surface area contributed by atoms with Gasteiger partial charge in [-0.2, -0.15) is 5.10 Å². The molecular weight excluding hydrogens is 375 g/mol. The largest absolute Gasteiger partial charge is 0.492 e. The molecule has 0 amide bonds. The van der Waals surface area contributed by atoms with Gasteiger partial charge in [0.25, 0.3) is 5.95 Å². The molecule has 0 aliphatic heterocycles. The number of benzene rings is 1. The van der Waals surface area contributed by atoms with E-state index in [1.807, 2.05) is 19.1 Å². The summed E-state index contributed by atoms with van der Waals surface area (Å²) in [5.41, 5.74) is 6.35. The third-order valence-corrected chi connectivity index (χ3v) is 3.13. The Morgan fingerprint density at radius 1 is 1.50 bits per heavy atom. The van der Waals surface area contributed by atoms with Crippen molar-refractivity contribution < 1.29 is 9.47 Å². The fourth-order valence-corrected chi connectivity index (χ4v) is 2.36. The van der Waals surface area contributed by atoms with Crippen LogP contribution in [0.15, 0.2) is 17.2 Å². The van der Waals surface area contributed by atoms with Crippen molar-refractivity contribution in [1.29, 1.82) is 0 Å². The van der Waals surface area contributed by atoms with Gasteiger partial charge in [-0.05, 0) is 57.6 Å². The number of aromatic nitrogens is 4. The predicted molar refractivity (Wildman–Crippen MR) is 82.1 cm³/mol. The van der Waals surface area contributed by atoms with Crippen molar-refractivity contribution in [2.75, 3.05) is 19.5 Å². The molecule has 0 spiro atoms. The Balaban J connectivity index is 2.33. The Bertz CT molecular complexity index is 627. The fourth-order valence-electron chi connectivity index (χ4n) is 1.52. The summed E-state index contributed by atoms with van der Waals surface area (Å²) < 4.78 is 11.8. The van der Waals surface area contributed by atoms with Crippen LogP contribution in [0.1, 0.15) is 12.5 Å². The van der Waals surface area contributed by atoms with Gasteiger partial charge in [0.15, 0.2) is 11.5 Å². The Morgan fingerprint density at radius 3 is 2.90 bits per heavy atom. The highest BCUT2D eigenvalue weighted by atomic mass is 127. The van der Waals surface area contributed by atoms with Crippen molar-refractivity contribution in [3.05, 3.63) is 21.3 Å². The summed E-state index contributed by atoms with van der Waals surface area (Å²) in [7, 11) is 1.61. The van der Waals surface area contributed by atoms with Gasteiger partial charge in [-0.15, -0.1) is 0 Å². The average Bonchev–Trinajstić information content (AvgIpc) is 2.82. The first kappa shape index (κ1) is 14.5. The van der Waals surface area contributed by atoms with Crippen LogP contribution in [0, 0.1) is 3.57 Å². The summed E-state index contributed by atoms with van der Waals surface area (Å²) in [4.78, 5) is 1.14. The zero-order valence-corrected chi connectivity index (χ0v) is 13.1. The fraction of sp³-hybridized carbons (Fsp3) is 0.273. The van der Waals surface area contributed by atoms with E-state index in [0.717, 1.165) is 13.9 Å². The summed E-state index contributed by atoms with van der Waals surface area (Å²) >= 11 is 2.17. The molecule has 2 aromatic rings. The van der Waals surface area contributed by atoms with Crippen molar-refractivity contribution >= 4 is 34.8 Å². The molecule has 0 bridgehead atoms. The molecule has 1 heterocycles. The van der Waals surface area contributed by atoms with Crippen molar-refractivity contribution in [2.24, 2.45) is 5.10 Å². The van der Waals surface area contributed by atoms with Gasteiger partial charge < -0.3 is 15.2 Å². The number of halogens is 1. The second-order valence-electron chi connectivity index (χ2n) is 3.64. The van der Waals surface area contributed by atoms with Crippen molar-refractivity contribution in [3.8, 4) is 11.5 Å². The van der Waals surface area contributed by atoms with E-state index in [2.05, 4.69) is 43.2 Å². The van der Waals surface area contributed by atoms with Crippen LogP contribution in [-0.2, 0) is 0 Å². The molecule has 9 heteroatoms. The summed E-state index contributed by atoms with van der Waals surface area (Å²) in [5.74, 6) is 1.48. The maximum absolute atomic E-state index is 5.55. The minimum atomic E-state index is 0.120. The van der Waals surface area contributed by atoms with Crippen LogP contribution in [0.5, 0.6) is 11.5 Å². The maximum Gasteiger partial charge on any atom is 0.263 e. The highest BCUT2D eigenvalue weighted by Gasteiger charge is 2.10. The molecule has 0 aliphatic rings. The van der Waals surface area contributed by atoms with E-state index in [1.165, 1.54) is 0 Å².